The number of rotatable bonds is 7. The maximum Gasteiger partial charge on any atom is 0.335 e. The molecule has 1 heterocycles. The van der Waals surface area contributed by atoms with Crippen molar-refractivity contribution in [2.24, 2.45) is 5.18 Å². The number of aromatic carboxylic acids is 1. The maximum atomic E-state index is 11.6. The highest BCUT2D eigenvalue weighted by molar-refractivity contribution is 5.87. The van der Waals surface area contributed by atoms with Crippen molar-refractivity contribution >= 4 is 11.7 Å². The molecule has 1 aliphatic heterocycles. The van der Waals surface area contributed by atoms with Crippen LogP contribution in [0.25, 0.3) is 0 Å². The van der Waals surface area contributed by atoms with Crippen LogP contribution in [0.5, 0.6) is 5.75 Å². The van der Waals surface area contributed by atoms with Crippen LogP contribution in [0, 0.1) is 4.91 Å². The van der Waals surface area contributed by atoms with E-state index in [1.54, 1.807) is 12.1 Å². The van der Waals surface area contributed by atoms with Crippen LogP contribution in [0.15, 0.2) is 47.6 Å². The summed E-state index contributed by atoms with van der Waals surface area (Å²) in [5.41, 5.74) is 3.39. The minimum atomic E-state index is -0.989. The standard InChI is InChI=1S/C23H28N2O4/c1-23(2,3)19-14-17(8-11-21(19)25-12-4-5-13-25)20(24-28)15-29-18-9-6-16(7-10-18)22(26)27/h6-11,14,20H,4-5,12-13,15H2,1-3H3,(H,26,27). The summed E-state index contributed by atoms with van der Waals surface area (Å²) in [4.78, 5) is 24.9. The average Bonchev–Trinajstić information content (AvgIpc) is 3.22. The lowest BCUT2D eigenvalue weighted by atomic mass is 9.83. The first-order valence-corrected chi connectivity index (χ1v) is 9.97. The van der Waals surface area contributed by atoms with Crippen molar-refractivity contribution in [2.75, 3.05) is 24.6 Å². The van der Waals surface area contributed by atoms with E-state index in [2.05, 4.69) is 43.0 Å². The molecule has 0 aromatic heterocycles. The quantitative estimate of drug-likeness (QED) is 0.653. The van der Waals surface area contributed by atoms with Crippen molar-refractivity contribution < 1.29 is 14.6 Å². The van der Waals surface area contributed by atoms with Crippen LogP contribution < -0.4 is 9.64 Å². The molecule has 1 unspecified atom stereocenters. The molecule has 6 heteroatoms. The fraction of sp³-hybridized carbons (Fsp3) is 0.435. The van der Waals surface area contributed by atoms with Crippen molar-refractivity contribution in [1.29, 1.82) is 0 Å². The highest BCUT2D eigenvalue weighted by atomic mass is 16.5. The van der Waals surface area contributed by atoms with Crippen molar-refractivity contribution in [3.05, 3.63) is 64.1 Å². The number of carbonyl (C=O) groups is 1. The van der Waals surface area contributed by atoms with Gasteiger partial charge in [0.2, 0.25) is 0 Å². The Morgan fingerprint density at radius 1 is 1.14 bits per heavy atom. The molecule has 0 bridgehead atoms. The van der Waals surface area contributed by atoms with Gasteiger partial charge in [-0.1, -0.05) is 38.1 Å². The summed E-state index contributed by atoms with van der Waals surface area (Å²) < 4.78 is 5.71. The molecule has 1 aliphatic rings. The van der Waals surface area contributed by atoms with Gasteiger partial charge in [-0.25, -0.2) is 4.79 Å². The van der Waals surface area contributed by atoms with Gasteiger partial charge in [-0.15, -0.1) is 0 Å². The average molecular weight is 396 g/mol. The van der Waals surface area contributed by atoms with Gasteiger partial charge < -0.3 is 14.7 Å². The van der Waals surface area contributed by atoms with Gasteiger partial charge in [-0.3, -0.25) is 0 Å². The third kappa shape index (κ3) is 4.94. The molecule has 0 spiro atoms. The minimum absolute atomic E-state index is 0.0606. The first-order chi connectivity index (χ1) is 13.8. The predicted octanol–water partition coefficient (Wildman–Crippen LogP) is 5.17. The monoisotopic (exact) mass is 396 g/mol. The molecule has 0 saturated carbocycles. The lowest BCUT2D eigenvalue weighted by Gasteiger charge is -2.29. The van der Waals surface area contributed by atoms with E-state index in [0.717, 1.165) is 18.7 Å². The van der Waals surface area contributed by atoms with E-state index >= 15 is 0 Å². The Labute approximate surface area is 171 Å². The molecule has 1 atom stereocenters. The molecule has 2 aromatic rings. The number of nitrogens with zero attached hydrogens (tertiary/aromatic N) is 2. The smallest absolute Gasteiger partial charge is 0.335 e. The third-order valence-electron chi connectivity index (χ3n) is 5.30. The molecule has 6 nitrogen and oxygen atoms in total. The van der Waals surface area contributed by atoms with Gasteiger partial charge in [0, 0.05) is 18.8 Å². The van der Waals surface area contributed by atoms with Gasteiger partial charge in [-0.05, 0) is 59.7 Å². The van der Waals surface area contributed by atoms with Gasteiger partial charge in [0.25, 0.3) is 0 Å². The number of carboxylic acid groups (broad SMARTS) is 1. The summed E-state index contributed by atoms with van der Waals surface area (Å²) in [6.45, 7) is 8.75. The van der Waals surface area contributed by atoms with E-state index in [-0.39, 0.29) is 17.6 Å². The van der Waals surface area contributed by atoms with Gasteiger partial charge in [0.1, 0.15) is 12.4 Å². The molecular formula is C23H28N2O4. The van der Waals surface area contributed by atoms with E-state index in [1.165, 1.54) is 36.2 Å². The molecule has 154 valence electrons. The Balaban J connectivity index is 1.79. The zero-order valence-corrected chi connectivity index (χ0v) is 17.2. The Morgan fingerprint density at radius 2 is 1.79 bits per heavy atom. The second kappa shape index (κ2) is 8.64. The highest BCUT2D eigenvalue weighted by Gasteiger charge is 2.25. The number of benzene rings is 2. The summed E-state index contributed by atoms with van der Waals surface area (Å²) in [6.07, 6.45) is 2.41. The summed E-state index contributed by atoms with van der Waals surface area (Å²) in [5, 5.41) is 12.3. The van der Waals surface area contributed by atoms with Gasteiger partial charge in [-0.2, -0.15) is 4.91 Å². The molecule has 1 saturated heterocycles. The predicted molar refractivity (Wildman–Crippen MR) is 114 cm³/mol. The molecule has 1 fully saturated rings. The second-order valence-corrected chi connectivity index (χ2v) is 8.48. The Kier molecular flexibility index (Phi) is 6.20. The lowest BCUT2D eigenvalue weighted by Crippen LogP contribution is -2.24. The Hall–Kier alpha value is -2.89. The van der Waals surface area contributed by atoms with E-state index in [4.69, 9.17) is 9.84 Å². The SMILES string of the molecule is CC(C)(C)c1cc(C(COc2ccc(C(=O)O)cc2)N=O)ccc1N1CCCC1. The number of hydrogen-bond donors (Lipinski definition) is 1. The molecule has 0 amide bonds. The van der Waals surface area contributed by atoms with E-state index in [1.807, 2.05) is 6.07 Å². The molecule has 29 heavy (non-hydrogen) atoms. The van der Waals surface area contributed by atoms with Crippen molar-refractivity contribution in [3.63, 3.8) is 0 Å². The first-order valence-electron chi connectivity index (χ1n) is 9.97. The molecule has 1 N–H and O–H groups in total. The van der Waals surface area contributed by atoms with Gasteiger partial charge in [0.15, 0.2) is 6.04 Å². The van der Waals surface area contributed by atoms with Crippen LogP contribution in [0.4, 0.5) is 5.69 Å². The van der Waals surface area contributed by atoms with Crippen molar-refractivity contribution in [1.82, 2.24) is 0 Å². The van der Waals surface area contributed by atoms with Crippen LogP contribution in [0.1, 0.15) is 61.1 Å². The fourth-order valence-electron chi connectivity index (χ4n) is 3.65. The fourth-order valence-corrected chi connectivity index (χ4v) is 3.65. The van der Waals surface area contributed by atoms with E-state index < -0.39 is 12.0 Å². The Morgan fingerprint density at radius 3 is 2.34 bits per heavy atom. The summed E-state index contributed by atoms with van der Waals surface area (Å²) >= 11 is 0. The number of carboxylic acids is 1. The summed E-state index contributed by atoms with van der Waals surface area (Å²) in [5.74, 6) is -0.481. The van der Waals surface area contributed by atoms with Crippen molar-refractivity contribution in [2.45, 2.75) is 45.1 Å². The molecule has 3 rings (SSSR count). The van der Waals surface area contributed by atoms with Crippen molar-refractivity contribution in [3.8, 4) is 5.75 Å². The van der Waals surface area contributed by atoms with Crippen LogP contribution in [0.2, 0.25) is 0 Å². The summed E-state index contributed by atoms with van der Waals surface area (Å²) in [7, 11) is 0. The first kappa shape index (κ1) is 20.8. The van der Waals surface area contributed by atoms with Crippen LogP contribution in [0.3, 0.4) is 0 Å². The highest BCUT2D eigenvalue weighted by Crippen LogP contribution is 2.36. The normalized spacial score (nSPS) is 15.2. The minimum Gasteiger partial charge on any atom is -0.491 e. The molecule has 0 radical (unpaired) electrons. The third-order valence-corrected chi connectivity index (χ3v) is 5.30. The second-order valence-electron chi connectivity index (χ2n) is 8.48. The number of nitroso groups, excluding NO2 is 1. The van der Waals surface area contributed by atoms with E-state index in [0.29, 0.717) is 5.75 Å². The maximum absolute atomic E-state index is 11.6. The lowest BCUT2D eigenvalue weighted by molar-refractivity contribution is 0.0697. The number of anilines is 1. The number of ether oxygens (including phenoxy) is 1. The van der Waals surface area contributed by atoms with Crippen LogP contribution in [-0.2, 0) is 5.41 Å². The zero-order chi connectivity index (χ0) is 21.0. The Bertz CT molecular complexity index is 865. The molecule has 0 aliphatic carbocycles. The van der Waals surface area contributed by atoms with Gasteiger partial charge in [0.05, 0.1) is 5.56 Å². The molecular weight excluding hydrogens is 368 g/mol. The largest absolute Gasteiger partial charge is 0.491 e. The topological polar surface area (TPSA) is 79.2 Å². The zero-order valence-electron chi connectivity index (χ0n) is 17.2. The van der Waals surface area contributed by atoms with Gasteiger partial charge >= 0.3 is 5.97 Å². The van der Waals surface area contributed by atoms with E-state index in [9.17, 15) is 9.70 Å². The van der Waals surface area contributed by atoms with Crippen LogP contribution in [-0.4, -0.2) is 30.8 Å². The molecule has 2 aromatic carbocycles. The number of hydrogen-bond acceptors (Lipinski definition) is 5. The van der Waals surface area contributed by atoms with Crippen LogP contribution >= 0.6 is 0 Å². The summed E-state index contributed by atoms with van der Waals surface area (Å²) in [6, 6.07) is 11.6.